The molecule has 0 aliphatic carbocycles. The van der Waals surface area contributed by atoms with Crippen molar-refractivity contribution in [2.75, 3.05) is 13.2 Å². The molecule has 2 N–H and O–H groups in total. The lowest BCUT2D eigenvalue weighted by atomic mass is 9.96. The van der Waals surface area contributed by atoms with E-state index in [0.717, 1.165) is 10.4 Å². The Labute approximate surface area is 259 Å². The van der Waals surface area contributed by atoms with Gasteiger partial charge in [0.1, 0.15) is 18.8 Å². The van der Waals surface area contributed by atoms with Gasteiger partial charge in [-0.05, 0) is 28.3 Å². The summed E-state index contributed by atoms with van der Waals surface area (Å²) in [6.07, 6.45) is -3.48. The monoisotopic (exact) mass is 629 g/mol. The van der Waals surface area contributed by atoms with E-state index in [2.05, 4.69) is 5.32 Å². The Morgan fingerprint density at radius 3 is 1.84 bits per heavy atom. The molecule has 0 bridgehead atoms. The first-order valence-electron chi connectivity index (χ1n) is 14.6. The molecule has 2 aromatic carbocycles. The van der Waals surface area contributed by atoms with Gasteiger partial charge in [0.25, 0.3) is 8.32 Å². The summed E-state index contributed by atoms with van der Waals surface area (Å²) in [5.41, 5.74) is 0. The fourth-order valence-corrected chi connectivity index (χ4v) is 9.42. The van der Waals surface area contributed by atoms with Gasteiger partial charge in [-0.3, -0.25) is 19.2 Å². The van der Waals surface area contributed by atoms with Crippen LogP contribution in [0.2, 0.25) is 5.04 Å². The van der Waals surface area contributed by atoms with Crippen molar-refractivity contribution in [2.45, 2.75) is 90.1 Å². The zero-order chi connectivity index (χ0) is 32.5. The lowest BCUT2D eigenvalue weighted by molar-refractivity contribution is -0.277. The molecule has 1 amide bonds. The van der Waals surface area contributed by atoms with Crippen LogP contribution in [0.3, 0.4) is 0 Å². The first-order valence-corrected chi connectivity index (χ1v) is 16.6. The zero-order valence-electron chi connectivity index (χ0n) is 26.1. The molecular weight excluding hydrogens is 586 g/mol. The van der Waals surface area contributed by atoms with Crippen molar-refractivity contribution < 1.29 is 47.7 Å². The Hall–Kier alpha value is -3.58. The number of hydrogen-bond donors (Lipinski definition) is 2. The van der Waals surface area contributed by atoms with E-state index in [-0.39, 0.29) is 13.2 Å². The van der Waals surface area contributed by atoms with Crippen LogP contribution < -0.4 is 15.7 Å². The molecule has 5 atom stereocenters. The van der Waals surface area contributed by atoms with E-state index >= 15 is 0 Å². The van der Waals surface area contributed by atoms with Crippen molar-refractivity contribution >= 4 is 42.5 Å². The summed E-state index contributed by atoms with van der Waals surface area (Å²) in [6, 6.07) is 18.3. The minimum Gasteiger partial charge on any atom is -0.463 e. The smallest absolute Gasteiger partial charge is 0.303 e. The topological polar surface area (TPSA) is 147 Å². The van der Waals surface area contributed by atoms with Crippen molar-refractivity contribution in [3.05, 3.63) is 60.7 Å². The summed E-state index contributed by atoms with van der Waals surface area (Å²) >= 11 is 0. The summed E-state index contributed by atoms with van der Waals surface area (Å²) in [6.45, 7) is 8.82. The van der Waals surface area contributed by atoms with Gasteiger partial charge in [0.15, 0.2) is 18.5 Å². The molecule has 0 radical (unpaired) electrons. The molecule has 1 fully saturated rings. The second-order valence-corrected chi connectivity index (χ2v) is 15.4. The number of rotatable bonds is 13. The minimum atomic E-state index is -3.24. The van der Waals surface area contributed by atoms with Crippen LogP contribution in [0.4, 0.5) is 0 Å². The van der Waals surface area contributed by atoms with Gasteiger partial charge in [0.05, 0.1) is 0 Å². The molecular formula is C32H43NO10Si. The summed E-state index contributed by atoms with van der Waals surface area (Å²) in [5.74, 6) is -2.40. The molecule has 1 aliphatic rings. The average molecular weight is 630 g/mol. The Kier molecular flexibility index (Phi) is 12.2. The Morgan fingerprint density at radius 2 is 1.36 bits per heavy atom. The summed E-state index contributed by atoms with van der Waals surface area (Å²) in [4.78, 5) is 60.3. The zero-order valence-corrected chi connectivity index (χ0v) is 27.1. The molecule has 0 saturated carbocycles. The van der Waals surface area contributed by atoms with Gasteiger partial charge in [0.2, 0.25) is 5.91 Å². The quantitative estimate of drug-likeness (QED) is 0.146. The van der Waals surface area contributed by atoms with Crippen LogP contribution in [0.25, 0.3) is 0 Å². The molecule has 1 aliphatic heterocycles. The van der Waals surface area contributed by atoms with E-state index in [1.165, 1.54) is 27.7 Å². The molecule has 240 valence electrons. The summed E-state index contributed by atoms with van der Waals surface area (Å²) in [5, 5.41) is 3.97. The number of carbonyl (C=O) groups excluding carboxylic acids is 4. The Balaban J connectivity index is 1.84. The van der Waals surface area contributed by atoms with E-state index in [4.69, 9.17) is 23.7 Å². The third-order valence-corrected chi connectivity index (χ3v) is 12.2. The van der Waals surface area contributed by atoms with Gasteiger partial charge in [-0.25, -0.2) is 0 Å². The molecule has 44 heavy (non-hydrogen) atoms. The maximum absolute atomic E-state index is 12.4. The van der Waals surface area contributed by atoms with Gasteiger partial charge in [-0.1, -0.05) is 74.5 Å². The molecule has 0 unspecified atom stereocenters. The van der Waals surface area contributed by atoms with Crippen LogP contribution in [-0.4, -0.2) is 80.8 Å². The first kappa shape index (κ1) is 34.9. The van der Waals surface area contributed by atoms with Crippen LogP contribution >= 0.6 is 0 Å². The van der Waals surface area contributed by atoms with Gasteiger partial charge in [-0.2, -0.15) is 0 Å². The molecule has 3 rings (SSSR count). The minimum absolute atomic E-state index is 0.156. The predicted molar refractivity (Wildman–Crippen MR) is 163 cm³/mol. The highest BCUT2D eigenvalue weighted by Crippen LogP contribution is 2.40. The van der Waals surface area contributed by atoms with Gasteiger partial charge < -0.3 is 33.8 Å². The lowest BCUT2D eigenvalue weighted by Crippen LogP contribution is -2.66. The fourth-order valence-electron chi connectivity index (χ4n) is 5.63. The first-order chi connectivity index (χ1) is 20.8. The van der Waals surface area contributed by atoms with E-state index in [1.807, 2.05) is 74.5 Å². The van der Waals surface area contributed by atoms with Crippen molar-refractivity contribution in [1.82, 2.24) is 5.32 Å². The number of carbonyl (C=O) groups is 4. The highest BCUT2D eigenvalue weighted by atomic mass is 28.4. The van der Waals surface area contributed by atoms with Crippen LogP contribution in [0.1, 0.15) is 54.4 Å². The van der Waals surface area contributed by atoms with E-state index in [9.17, 15) is 24.0 Å². The number of esters is 3. The molecule has 11 nitrogen and oxygen atoms in total. The fraction of sp³-hybridized carbons (Fsp3) is 0.500. The molecule has 1 saturated heterocycles. The number of hydrogen-bond acceptors (Lipinski definition) is 10. The Morgan fingerprint density at radius 1 is 0.841 bits per heavy atom. The van der Waals surface area contributed by atoms with Crippen molar-refractivity contribution in [3.63, 3.8) is 0 Å². The third kappa shape index (κ3) is 8.75. The third-order valence-electron chi connectivity index (χ3n) is 7.66. The van der Waals surface area contributed by atoms with Crippen LogP contribution in [0.5, 0.6) is 0 Å². The summed E-state index contributed by atoms with van der Waals surface area (Å²) in [7, 11) is -3.24. The highest BCUT2D eigenvalue weighted by molar-refractivity contribution is 6.98. The van der Waals surface area contributed by atoms with Gasteiger partial charge >= 0.3 is 17.9 Å². The molecule has 0 spiro atoms. The normalized spacial score (nSPS) is 22.0. The standard InChI is InChI=1S/C32H43NO10Si/c1-21(34)33-28-30(42-24(4)37)29(41-23(3)36)27(20-40-22(2)35)43-31(28)39-19-13-18-32(5,6)44(38,25-14-9-7-10-15-25)26-16-11-8-12-17-26/h7-12,14-17,27-31,38H,13,18-20H2,1-6H3,(H,33,34)/t27-,28-,29+,30-,31-/m1/s1. The molecule has 0 aromatic heterocycles. The van der Waals surface area contributed by atoms with E-state index < -0.39 is 67.8 Å². The van der Waals surface area contributed by atoms with Gasteiger partial charge in [-0.15, -0.1) is 0 Å². The SMILES string of the molecule is CC(=O)N[C@H]1[C@H](OCCCC(C)(C)[Si](O)(c2ccccc2)c2ccccc2)O[C@H](COC(C)=O)[C@H](OC(C)=O)[C@@H]1OC(C)=O. The maximum atomic E-state index is 12.4. The Bertz CT molecular complexity index is 1230. The highest BCUT2D eigenvalue weighted by Gasteiger charge is 2.52. The van der Waals surface area contributed by atoms with Crippen LogP contribution in [0, 0.1) is 0 Å². The largest absolute Gasteiger partial charge is 0.463 e. The van der Waals surface area contributed by atoms with Crippen LogP contribution in [0.15, 0.2) is 60.7 Å². The van der Waals surface area contributed by atoms with Crippen molar-refractivity contribution in [3.8, 4) is 0 Å². The summed E-state index contributed by atoms with van der Waals surface area (Å²) < 4.78 is 28.3. The molecule has 12 heteroatoms. The van der Waals surface area contributed by atoms with E-state index in [0.29, 0.717) is 12.8 Å². The number of nitrogens with one attached hydrogen (secondary N) is 1. The lowest BCUT2D eigenvalue weighted by Gasteiger charge is -2.45. The van der Waals surface area contributed by atoms with Crippen molar-refractivity contribution in [2.24, 2.45) is 0 Å². The molecule has 2 aromatic rings. The number of amides is 1. The average Bonchev–Trinajstić information content (AvgIpc) is 2.96. The van der Waals surface area contributed by atoms with Crippen molar-refractivity contribution in [1.29, 1.82) is 0 Å². The molecule has 1 heterocycles. The van der Waals surface area contributed by atoms with Crippen LogP contribution in [-0.2, 0) is 42.9 Å². The van der Waals surface area contributed by atoms with E-state index in [1.54, 1.807) is 0 Å². The second-order valence-electron chi connectivity index (χ2n) is 11.5. The van der Waals surface area contributed by atoms with Gasteiger partial charge in [0, 0.05) is 34.3 Å². The second kappa shape index (κ2) is 15.4. The number of benzene rings is 2. The number of ether oxygens (including phenoxy) is 5. The predicted octanol–water partition coefficient (Wildman–Crippen LogP) is 1.97. The maximum Gasteiger partial charge on any atom is 0.303 e.